The van der Waals surface area contributed by atoms with Gasteiger partial charge in [-0.3, -0.25) is 0 Å². The summed E-state index contributed by atoms with van der Waals surface area (Å²) in [5, 5.41) is 3.56. The van der Waals surface area contributed by atoms with E-state index in [9.17, 15) is 0 Å². The van der Waals surface area contributed by atoms with Gasteiger partial charge in [0.15, 0.2) is 0 Å². The second-order valence-electron chi connectivity index (χ2n) is 5.29. The average Bonchev–Trinajstić information content (AvgIpc) is 2.64. The Kier molecular flexibility index (Phi) is 5.67. The first-order chi connectivity index (χ1) is 8.79. The van der Waals surface area contributed by atoms with Crippen LogP contribution < -0.4 is 5.32 Å². The van der Waals surface area contributed by atoms with Crippen LogP contribution in [0.5, 0.6) is 0 Å². The van der Waals surface area contributed by atoms with E-state index in [0.717, 1.165) is 26.2 Å². The number of hydrogen-bond acceptors (Lipinski definition) is 3. The van der Waals surface area contributed by atoms with Crippen LogP contribution in [0.3, 0.4) is 0 Å². The molecule has 0 unspecified atom stereocenters. The lowest BCUT2D eigenvalue weighted by atomic mass is 10.1. The van der Waals surface area contributed by atoms with Gasteiger partial charge in [-0.05, 0) is 50.9 Å². The van der Waals surface area contributed by atoms with Gasteiger partial charge in [0, 0.05) is 29.4 Å². The molecule has 102 valence electrons. The molecule has 1 heterocycles. The number of fused-ring (bicyclic) bond motifs is 1. The first kappa shape index (κ1) is 14.0. The van der Waals surface area contributed by atoms with Crippen LogP contribution in [0.4, 0.5) is 0 Å². The topological polar surface area (TPSA) is 15.3 Å². The van der Waals surface area contributed by atoms with Gasteiger partial charge in [0.1, 0.15) is 0 Å². The molecule has 0 saturated heterocycles. The summed E-state index contributed by atoms with van der Waals surface area (Å²) in [6.07, 6.45) is 6.82. The molecule has 1 N–H and O–H groups in total. The van der Waals surface area contributed by atoms with E-state index in [1.54, 1.807) is 10.4 Å². The van der Waals surface area contributed by atoms with Crippen LogP contribution >= 0.6 is 11.3 Å². The van der Waals surface area contributed by atoms with E-state index in [0.29, 0.717) is 0 Å². The minimum absolute atomic E-state index is 1.05. The smallest absolute Gasteiger partial charge is 0.0300 e. The molecule has 1 aromatic heterocycles. The van der Waals surface area contributed by atoms with Crippen LogP contribution in [-0.4, -0.2) is 31.6 Å². The number of aryl methyl sites for hydroxylation is 2. The van der Waals surface area contributed by atoms with Crippen molar-refractivity contribution in [3.05, 3.63) is 21.4 Å². The van der Waals surface area contributed by atoms with Gasteiger partial charge in [-0.2, -0.15) is 0 Å². The minimum Gasteiger partial charge on any atom is -0.311 e. The Hall–Kier alpha value is -0.380. The lowest BCUT2D eigenvalue weighted by Gasteiger charge is -2.13. The molecule has 0 radical (unpaired) electrons. The predicted molar refractivity (Wildman–Crippen MR) is 80.5 cm³/mol. The molecule has 0 bridgehead atoms. The molecule has 3 heteroatoms. The van der Waals surface area contributed by atoms with E-state index >= 15 is 0 Å². The van der Waals surface area contributed by atoms with E-state index in [4.69, 9.17) is 0 Å². The van der Waals surface area contributed by atoms with E-state index in [2.05, 4.69) is 30.3 Å². The summed E-state index contributed by atoms with van der Waals surface area (Å²) in [6, 6.07) is 2.45. The first-order valence-electron chi connectivity index (χ1n) is 7.29. The molecular formula is C15H26N2S. The van der Waals surface area contributed by atoms with E-state index in [1.165, 1.54) is 37.0 Å². The van der Waals surface area contributed by atoms with Crippen LogP contribution in [-0.2, 0) is 19.4 Å². The average molecular weight is 266 g/mol. The zero-order valence-corrected chi connectivity index (χ0v) is 12.6. The van der Waals surface area contributed by atoms with Crippen LogP contribution in [0.15, 0.2) is 6.07 Å². The number of nitrogens with zero attached hydrogens (tertiary/aromatic N) is 1. The highest BCUT2D eigenvalue weighted by Gasteiger charge is 2.11. The zero-order valence-electron chi connectivity index (χ0n) is 11.8. The van der Waals surface area contributed by atoms with Crippen molar-refractivity contribution < 1.29 is 0 Å². The van der Waals surface area contributed by atoms with Crippen LogP contribution in [0.25, 0.3) is 0 Å². The van der Waals surface area contributed by atoms with Crippen molar-refractivity contribution in [2.45, 2.75) is 45.6 Å². The molecule has 0 atom stereocenters. The van der Waals surface area contributed by atoms with Crippen LogP contribution in [0, 0.1) is 0 Å². The summed E-state index contributed by atoms with van der Waals surface area (Å²) in [5.74, 6) is 0. The Labute approximate surface area is 115 Å². The van der Waals surface area contributed by atoms with Crippen molar-refractivity contribution in [2.75, 3.05) is 26.7 Å². The Bertz CT molecular complexity index is 336. The fraction of sp³-hybridized carbons (Fsp3) is 0.733. The maximum Gasteiger partial charge on any atom is 0.0300 e. The molecule has 18 heavy (non-hydrogen) atoms. The molecule has 0 amide bonds. The highest BCUT2D eigenvalue weighted by Crippen LogP contribution is 2.28. The number of likely N-dealkylation sites (N-methyl/N-ethyl adjacent to an activating group) is 1. The molecule has 1 aliphatic rings. The van der Waals surface area contributed by atoms with Gasteiger partial charge in [-0.15, -0.1) is 11.3 Å². The second-order valence-corrected chi connectivity index (χ2v) is 6.52. The molecule has 0 aromatic carbocycles. The Morgan fingerprint density at radius 3 is 2.94 bits per heavy atom. The summed E-state index contributed by atoms with van der Waals surface area (Å²) < 4.78 is 0. The van der Waals surface area contributed by atoms with Crippen LogP contribution in [0.2, 0.25) is 0 Å². The number of hydrogen-bond donors (Lipinski definition) is 1. The Balaban J connectivity index is 1.76. The summed E-state index contributed by atoms with van der Waals surface area (Å²) in [4.78, 5) is 5.53. The highest BCUT2D eigenvalue weighted by molar-refractivity contribution is 7.12. The summed E-state index contributed by atoms with van der Waals surface area (Å²) in [7, 11) is 2.18. The largest absolute Gasteiger partial charge is 0.311 e. The van der Waals surface area contributed by atoms with Crippen molar-refractivity contribution in [3.8, 4) is 0 Å². The van der Waals surface area contributed by atoms with Crippen molar-refractivity contribution in [3.63, 3.8) is 0 Å². The zero-order chi connectivity index (χ0) is 12.8. The molecule has 2 rings (SSSR count). The van der Waals surface area contributed by atoms with Gasteiger partial charge in [0.05, 0.1) is 0 Å². The normalized spacial score (nSPS) is 15.7. The lowest BCUT2D eigenvalue weighted by molar-refractivity contribution is 0.349. The molecule has 0 fully saturated rings. The molecule has 2 nitrogen and oxygen atoms in total. The molecule has 0 saturated carbocycles. The molecule has 1 aromatic rings. The predicted octanol–water partition coefficient (Wildman–Crippen LogP) is 3.06. The van der Waals surface area contributed by atoms with Crippen LogP contribution in [0.1, 0.15) is 41.5 Å². The first-order valence-corrected chi connectivity index (χ1v) is 8.11. The second kappa shape index (κ2) is 7.27. The monoisotopic (exact) mass is 266 g/mol. The fourth-order valence-corrected chi connectivity index (χ4v) is 3.69. The Morgan fingerprint density at radius 1 is 1.28 bits per heavy atom. The van der Waals surface area contributed by atoms with E-state index in [1.807, 2.05) is 11.3 Å². The summed E-state index contributed by atoms with van der Waals surface area (Å²) >= 11 is 2.04. The number of nitrogens with one attached hydrogen (secondary N) is 1. The van der Waals surface area contributed by atoms with Gasteiger partial charge < -0.3 is 10.2 Å². The number of thiophene rings is 1. The highest BCUT2D eigenvalue weighted by atomic mass is 32.1. The standard InChI is InChI=1S/C15H26N2S/c1-3-17(2)10-9-16-12-14-11-13-7-5-4-6-8-15(13)18-14/h11,16H,3-10,12H2,1-2H3. The summed E-state index contributed by atoms with van der Waals surface area (Å²) in [5.41, 5.74) is 1.64. The van der Waals surface area contributed by atoms with Gasteiger partial charge >= 0.3 is 0 Å². The SMILES string of the molecule is CCN(C)CCNCc1cc2c(s1)CCCCC2. The minimum atomic E-state index is 1.05. The van der Waals surface area contributed by atoms with Gasteiger partial charge in [0.2, 0.25) is 0 Å². The quantitative estimate of drug-likeness (QED) is 0.629. The third-order valence-electron chi connectivity index (χ3n) is 3.81. The molecule has 0 aliphatic heterocycles. The van der Waals surface area contributed by atoms with Crippen molar-refractivity contribution >= 4 is 11.3 Å². The Morgan fingerprint density at radius 2 is 2.11 bits per heavy atom. The van der Waals surface area contributed by atoms with E-state index < -0.39 is 0 Å². The lowest BCUT2D eigenvalue weighted by Crippen LogP contribution is -2.28. The molecule has 1 aliphatic carbocycles. The van der Waals surface area contributed by atoms with Crippen molar-refractivity contribution in [1.82, 2.24) is 10.2 Å². The maximum absolute atomic E-state index is 3.56. The van der Waals surface area contributed by atoms with Crippen molar-refractivity contribution in [1.29, 1.82) is 0 Å². The molecule has 0 spiro atoms. The van der Waals surface area contributed by atoms with Gasteiger partial charge in [-0.1, -0.05) is 13.3 Å². The fourth-order valence-electron chi connectivity index (χ4n) is 2.46. The third kappa shape index (κ3) is 4.08. The van der Waals surface area contributed by atoms with E-state index in [-0.39, 0.29) is 0 Å². The van der Waals surface area contributed by atoms with Gasteiger partial charge in [-0.25, -0.2) is 0 Å². The van der Waals surface area contributed by atoms with Crippen molar-refractivity contribution in [2.24, 2.45) is 0 Å². The van der Waals surface area contributed by atoms with Gasteiger partial charge in [0.25, 0.3) is 0 Å². The molecular weight excluding hydrogens is 240 g/mol. The third-order valence-corrected chi connectivity index (χ3v) is 5.04. The summed E-state index contributed by atoms with van der Waals surface area (Å²) in [6.45, 7) is 6.62. The maximum atomic E-state index is 3.56. The number of rotatable bonds is 6.